The second-order valence-electron chi connectivity index (χ2n) is 2.21. The summed E-state index contributed by atoms with van der Waals surface area (Å²) >= 11 is 1.44. The molecular weight excluding hydrogens is 158 g/mol. The lowest BCUT2D eigenvalue weighted by atomic mass is 10.2. The van der Waals surface area contributed by atoms with Gasteiger partial charge in [0, 0.05) is 4.88 Å². The van der Waals surface area contributed by atoms with Gasteiger partial charge >= 0.3 is 0 Å². The SMILES string of the molecule is N#CC[C@H](N)c1ccc(N)s1. The maximum atomic E-state index is 8.35. The molecule has 0 saturated heterocycles. The molecule has 0 aliphatic rings. The summed E-state index contributed by atoms with van der Waals surface area (Å²) in [5.74, 6) is 0. The number of nitrogens with zero attached hydrogens (tertiary/aromatic N) is 1. The third-order valence-electron chi connectivity index (χ3n) is 1.32. The highest BCUT2D eigenvalue weighted by molar-refractivity contribution is 7.15. The Hall–Kier alpha value is -1.05. The summed E-state index contributed by atoms with van der Waals surface area (Å²) < 4.78 is 0. The van der Waals surface area contributed by atoms with E-state index in [-0.39, 0.29) is 6.04 Å². The average Bonchev–Trinajstić information content (AvgIpc) is 2.36. The largest absolute Gasteiger partial charge is 0.391 e. The fraction of sp³-hybridized carbons (Fsp3) is 0.286. The van der Waals surface area contributed by atoms with Gasteiger partial charge < -0.3 is 11.5 Å². The van der Waals surface area contributed by atoms with Gasteiger partial charge in [-0.3, -0.25) is 0 Å². The second-order valence-corrected chi connectivity index (χ2v) is 3.36. The predicted octanol–water partition coefficient (Wildman–Crippen LogP) is 1.24. The van der Waals surface area contributed by atoms with Crippen molar-refractivity contribution in [3.8, 4) is 6.07 Å². The zero-order chi connectivity index (χ0) is 8.27. The summed E-state index contributed by atoms with van der Waals surface area (Å²) in [6, 6.07) is 5.50. The van der Waals surface area contributed by atoms with Crippen LogP contribution < -0.4 is 11.5 Å². The van der Waals surface area contributed by atoms with Crippen molar-refractivity contribution >= 4 is 16.3 Å². The minimum Gasteiger partial charge on any atom is -0.391 e. The average molecular weight is 167 g/mol. The molecule has 0 aliphatic heterocycles. The van der Waals surface area contributed by atoms with Crippen LogP contribution in [0.15, 0.2) is 12.1 Å². The molecule has 0 radical (unpaired) electrons. The van der Waals surface area contributed by atoms with Gasteiger partial charge in [0.15, 0.2) is 0 Å². The highest BCUT2D eigenvalue weighted by Gasteiger charge is 2.06. The first-order valence-electron chi connectivity index (χ1n) is 3.22. The van der Waals surface area contributed by atoms with E-state index in [9.17, 15) is 0 Å². The number of nitrogens with two attached hydrogens (primary N) is 2. The topological polar surface area (TPSA) is 75.8 Å². The fourth-order valence-electron chi connectivity index (χ4n) is 0.767. The highest BCUT2D eigenvalue weighted by atomic mass is 32.1. The Balaban J connectivity index is 2.70. The summed E-state index contributed by atoms with van der Waals surface area (Å²) in [4.78, 5) is 0.976. The van der Waals surface area contributed by atoms with E-state index in [2.05, 4.69) is 0 Å². The Morgan fingerprint density at radius 2 is 2.36 bits per heavy atom. The Morgan fingerprint density at radius 1 is 1.64 bits per heavy atom. The first kappa shape index (κ1) is 8.05. The molecule has 1 aromatic rings. The molecule has 1 atom stereocenters. The summed E-state index contributed by atoms with van der Waals surface area (Å²) in [6.45, 7) is 0. The van der Waals surface area contributed by atoms with E-state index in [0.717, 1.165) is 9.88 Å². The fourth-order valence-corrected chi connectivity index (χ4v) is 1.55. The normalized spacial score (nSPS) is 12.4. The van der Waals surface area contributed by atoms with Gasteiger partial charge in [0.2, 0.25) is 0 Å². The molecule has 4 heteroatoms. The molecule has 1 heterocycles. The molecule has 0 aliphatic carbocycles. The number of hydrogen-bond acceptors (Lipinski definition) is 4. The molecule has 0 saturated carbocycles. The maximum absolute atomic E-state index is 8.35. The van der Waals surface area contributed by atoms with Crippen LogP contribution in [-0.2, 0) is 0 Å². The van der Waals surface area contributed by atoms with E-state index in [1.807, 2.05) is 12.1 Å². The van der Waals surface area contributed by atoms with E-state index in [0.29, 0.717) is 6.42 Å². The number of rotatable bonds is 2. The number of thiophene rings is 1. The van der Waals surface area contributed by atoms with E-state index < -0.39 is 0 Å². The molecule has 0 spiro atoms. The molecule has 1 rings (SSSR count). The Kier molecular flexibility index (Phi) is 2.47. The molecule has 3 nitrogen and oxygen atoms in total. The molecule has 0 bridgehead atoms. The molecule has 0 aromatic carbocycles. The van der Waals surface area contributed by atoms with E-state index in [4.69, 9.17) is 16.7 Å². The second kappa shape index (κ2) is 3.37. The first-order valence-corrected chi connectivity index (χ1v) is 4.03. The molecule has 58 valence electrons. The van der Waals surface area contributed by atoms with Crippen LogP contribution in [-0.4, -0.2) is 0 Å². The van der Waals surface area contributed by atoms with Crippen molar-refractivity contribution in [2.75, 3.05) is 5.73 Å². The number of nitrogen functional groups attached to an aromatic ring is 1. The van der Waals surface area contributed by atoms with E-state index in [1.54, 1.807) is 6.07 Å². The Morgan fingerprint density at radius 3 is 2.82 bits per heavy atom. The molecule has 0 fully saturated rings. The van der Waals surface area contributed by atoms with E-state index in [1.165, 1.54) is 11.3 Å². The van der Waals surface area contributed by atoms with Crippen LogP contribution in [0.4, 0.5) is 5.00 Å². The van der Waals surface area contributed by atoms with Crippen LogP contribution in [0.25, 0.3) is 0 Å². The van der Waals surface area contributed by atoms with Crippen LogP contribution in [0, 0.1) is 11.3 Å². The van der Waals surface area contributed by atoms with Crippen molar-refractivity contribution in [3.05, 3.63) is 17.0 Å². The van der Waals surface area contributed by atoms with Crippen molar-refractivity contribution in [1.29, 1.82) is 5.26 Å². The minimum atomic E-state index is -0.178. The van der Waals surface area contributed by atoms with Gasteiger partial charge in [-0.05, 0) is 12.1 Å². The molecule has 0 amide bonds. The van der Waals surface area contributed by atoms with E-state index >= 15 is 0 Å². The first-order chi connectivity index (χ1) is 5.24. The van der Waals surface area contributed by atoms with Crippen LogP contribution >= 0.6 is 11.3 Å². The molecule has 0 unspecified atom stereocenters. The highest BCUT2D eigenvalue weighted by Crippen LogP contribution is 2.24. The van der Waals surface area contributed by atoms with Gasteiger partial charge in [-0.2, -0.15) is 5.26 Å². The van der Waals surface area contributed by atoms with Crippen LogP contribution in [0.1, 0.15) is 17.3 Å². The number of nitriles is 1. The van der Waals surface area contributed by atoms with Crippen LogP contribution in [0.2, 0.25) is 0 Å². The Labute approximate surface area is 69.2 Å². The molecule has 4 N–H and O–H groups in total. The molecule has 11 heavy (non-hydrogen) atoms. The summed E-state index contributed by atoms with van der Waals surface area (Å²) in [5, 5.41) is 9.09. The lowest BCUT2D eigenvalue weighted by molar-refractivity contribution is 0.765. The standard InChI is InChI=1S/C7H9N3S/c8-4-3-5(9)6-1-2-7(10)11-6/h1-2,5H,3,9-10H2/t5-/m0/s1. The van der Waals surface area contributed by atoms with Crippen molar-refractivity contribution in [3.63, 3.8) is 0 Å². The van der Waals surface area contributed by atoms with Gasteiger partial charge in [0.25, 0.3) is 0 Å². The van der Waals surface area contributed by atoms with Crippen molar-refractivity contribution < 1.29 is 0 Å². The van der Waals surface area contributed by atoms with Gasteiger partial charge in [0.1, 0.15) is 0 Å². The number of hydrogen-bond donors (Lipinski definition) is 2. The quantitative estimate of drug-likeness (QED) is 0.695. The summed E-state index contributed by atoms with van der Waals surface area (Å²) in [6.07, 6.45) is 0.347. The monoisotopic (exact) mass is 167 g/mol. The van der Waals surface area contributed by atoms with Gasteiger partial charge in [-0.15, -0.1) is 11.3 Å². The molecular formula is C7H9N3S. The van der Waals surface area contributed by atoms with Crippen molar-refractivity contribution in [1.82, 2.24) is 0 Å². The van der Waals surface area contributed by atoms with Crippen molar-refractivity contribution in [2.24, 2.45) is 5.73 Å². The minimum absolute atomic E-state index is 0.178. The predicted molar refractivity (Wildman–Crippen MR) is 45.9 cm³/mol. The van der Waals surface area contributed by atoms with Gasteiger partial charge in [-0.1, -0.05) is 0 Å². The summed E-state index contributed by atoms with van der Waals surface area (Å²) in [5.41, 5.74) is 11.1. The van der Waals surface area contributed by atoms with Crippen molar-refractivity contribution in [2.45, 2.75) is 12.5 Å². The van der Waals surface area contributed by atoms with Gasteiger partial charge in [0.05, 0.1) is 23.5 Å². The number of anilines is 1. The summed E-state index contributed by atoms with van der Waals surface area (Å²) in [7, 11) is 0. The van der Waals surface area contributed by atoms with Crippen LogP contribution in [0.5, 0.6) is 0 Å². The molecule has 1 aromatic heterocycles. The van der Waals surface area contributed by atoms with Gasteiger partial charge in [-0.25, -0.2) is 0 Å². The lowest BCUT2D eigenvalue weighted by Crippen LogP contribution is -2.06. The smallest absolute Gasteiger partial charge is 0.0859 e. The van der Waals surface area contributed by atoms with Crippen LogP contribution in [0.3, 0.4) is 0 Å². The zero-order valence-electron chi connectivity index (χ0n) is 5.95. The third-order valence-corrected chi connectivity index (χ3v) is 2.37. The zero-order valence-corrected chi connectivity index (χ0v) is 6.77. The lowest BCUT2D eigenvalue weighted by Gasteiger charge is -2.01. The Bertz CT molecular complexity index is 273. The maximum Gasteiger partial charge on any atom is 0.0859 e. The third kappa shape index (κ3) is 1.93.